The highest BCUT2D eigenvalue weighted by Crippen LogP contribution is 2.36. The Morgan fingerprint density at radius 2 is 1.65 bits per heavy atom. The van der Waals surface area contributed by atoms with E-state index in [1.54, 1.807) is 18.2 Å². The van der Waals surface area contributed by atoms with E-state index in [1.807, 2.05) is 27.7 Å². The number of alkyl halides is 3. The number of hydrogen-bond acceptors (Lipinski definition) is 3. The number of ether oxygens (including phenoxy) is 1. The van der Waals surface area contributed by atoms with Crippen molar-refractivity contribution in [3.05, 3.63) is 28.8 Å². The summed E-state index contributed by atoms with van der Waals surface area (Å²) in [6, 6.07) is 4.92. The van der Waals surface area contributed by atoms with Crippen molar-refractivity contribution in [3.63, 3.8) is 0 Å². The monoisotopic (exact) mass is 350 g/mol. The zero-order valence-electron chi connectivity index (χ0n) is 13.5. The molecule has 0 unspecified atom stereocenters. The molecule has 1 aromatic carbocycles. The summed E-state index contributed by atoms with van der Waals surface area (Å²) >= 11 is 6.05. The Balaban J connectivity index is 2.12. The normalized spacial score (nSPS) is 20.1. The molecule has 0 amide bonds. The van der Waals surface area contributed by atoms with Gasteiger partial charge in [0.1, 0.15) is 6.61 Å². The first kappa shape index (κ1) is 18.6. The van der Waals surface area contributed by atoms with Crippen molar-refractivity contribution in [2.45, 2.75) is 51.7 Å². The van der Waals surface area contributed by atoms with Crippen LogP contribution in [0.25, 0.3) is 0 Å². The molecule has 128 valence electrons. The molecule has 0 aromatic heterocycles. The lowest BCUT2D eigenvalue weighted by atomic mass is 9.78. The van der Waals surface area contributed by atoms with Crippen LogP contribution in [0.1, 0.15) is 33.3 Å². The third kappa shape index (κ3) is 4.63. The number of halogens is 4. The first-order valence-electron chi connectivity index (χ1n) is 7.19. The predicted molar refractivity (Wildman–Crippen MR) is 82.9 cm³/mol. The molecule has 1 aliphatic heterocycles. The van der Waals surface area contributed by atoms with E-state index < -0.39 is 31.1 Å². The van der Waals surface area contributed by atoms with Crippen molar-refractivity contribution in [2.24, 2.45) is 0 Å². The molecule has 8 heteroatoms. The summed E-state index contributed by atoms with van der Waals surface area (Å²) in [5.74, 6) is 0. The van der Waals surface area contributed by atoms with Crippen LogP contribution < -0.4 is 5.46 Å². The van der Waals surface area contributed by atoms with Gasteiger partial charge in [0.05, 0.1) is 17.8 Å². The maximum Gasteiger partial charge on any atom is 0.494 e. The van der Waals surface area contributed by atoms with Gasteiger partial charge in [-0.1, -0.05) is 17.7 Å². The Bertz CT molecular complexity index is 560. The molecule has 0 atom stereocenters. The molecule has 1 aliphatic rings. The summed E-state index contributed by atoms with van der Waals surface area (Å²) in [5.41, 5.74) is 0.174. The molecule has 1 aromatic rings. The first-order chi connectivity index (χ1) is 10.4. The highest BCUT2D eigenvalue weighted by molar-refractivity contribution is 6.62. The van der Waals surface area contributed by atoms with Gasteiger partial charge in [0, 0.05) is 5.02 Å². The Hall–Kier alpha value is -0.755. The number of hydrogen-bond donors (Lipinski definition) is 0. The second-order valence-corrected chi connectivity index (χ2v) is 7.03. The summed E-state index contributed by atoms with van der Waals surface area (Å²) in [7, 11) is -0.625. The third-order valence-corrected chi connectivity index (χ3v) is 4.26. The van der Waals surface area contributed by atoms with Crippen molar-refractivity contribution in [3.8, 4) is 0 Å². The smallest absolute Gasteiger partial charge is 0.399 e. The predicted octanol–water partition coefficient (Wildman–Crippen LogP) is 3.72. The van der Waals surface area contributed by atoms with Crippen molar-refractivity contribution in [1.82, 2.24) is 0 Å². The standard InChI is InChI=1S/C15H19BClF3O3/c1-13(2)14(3,4)23-16(22-13)11-5-10(6-12(17)7-11)8-21-9-15(18,19)20/h5-7H,8-9H2,1-4H3. The zero-order chi connectivity index (χ0) is 17.5. The Morgan fingerprint density at radius 1 is 1.09 bits per heavy atom. The van der Waals surface area contributed by atoms with Gasteiger partial charge in [0.2, 0.25) is 0 Å². The maximum absolute atomic E-state index is 12.1. The van der Waals surface area contributed by atoms with E-state index in [9.17, 15) is 13.2 Å². The second-order valence-electron chi connectivity index (χ2n) is 6.59. The summed E-state index contributed by atoms with van der Waals surface area (Å²) < 4.78 is 52.9. The van der Waals surface area contributed by atoms with E-state index in [1.165, 1.54) is 0 Å². The fourth-order valence-corrected chi connectivity index (χ4v) is 2.42. The quantitative estimate of drug-likeness (QED) is 0.775. The molecule has 3 nitrogen and oxygen atoms in total. The van der Waals surface area contributed by atoms with Gasteiger partial charge in [-0.2, -0.15) is 13.2 Å². The summed E-state index contributed by atoms with van der Waals surface area (Å²) in [5, 5.41) is 0.392. The Morgan fingerprint density at radius 3 is 2.17 bits per heavy atom. The van der Waals surface area contributed by atoms with E-state index in [0.29, 0.717) is 16.0 Å². The van der Waals surface area contributed by atoms with Crippen molar-refractivity contribution < 1.29 is 27.2 Å². The molecule has 0 spiro atoms. The van der Waals surface area contributed by atoms with Crippen molar-refractivity contribution in [1.29, 1.82) is 0 Å². The molecule has 0 saturated carbocycles. The van der Waals surface area contributed by atoms with E-state index in [0.717, 1.165) is 0 Å². The summed E-state index contributed by atoms with van der Waals surface area (Å²) in [4.78, 5) is 0. The molecule has 23 heavy (non-hydrogen) atoms. The fraction of sp³-hybridized carbons (Fsp3) is 0.600. The summed E-state index contributed by atoms with van der Waals surface area (Å²) in [6.07, 6.45) is -4.35. The van der Waals surface area contributed by atoms with E-state index in [2.05, 4.69) is 4.74 Å². The van der Waals surface area contributed by atoms with Gasteiger partial charge in [-0.15, -0.1) is 0 Å². The molecule has 1 heterocycles. The second kappa shape index (κ2) is 6.28. The lowest BCUT2D eigenvalue weighted by Crippen LogP contribution is -2.41. The van der Waals surface area contributed by atoms with Crippen LogP contribution in [0.3, 0.4) is 0 Å². The number of rotatable bonds is 4. The highest BCUT2D eigenvalue weighted by Gasteiger charge is 2.51. The highest BCUT2D eigenvalue weighted by atomic mass is 35.5. The molecular formula is C15H19BClF3O3. The molecule has 0 N–H and O–H groups in total. The Labute approximate surface area is 139 Å². The van der Waals surface area contributed by atoms with Gasteiger partial charge in [0.15, 0.2) is 0 Å². The van der Waals surface area contributed by atoms with Gasteiger partial charge in [-0.3, -0.25) is 0 Å². The van der Waals surface area contributed by atoms with Crippen LogP contribution >= 0.6 is 11.6 Å². The zero-order valence-corrected chi connectivity index (χ0v) is 14.2. The van der Waals surface area contributed by atoms with Crippen LogP contribution in [0.2, 0.25) is 5.02 Å². The Kier molecular flexibility index (Phi) is 5.07. The maximum atomic E-state index is 12.1. The van der Waals surface area contributed by atoms with E-state index >= 15 is 0 Å². The average Bonchev–Trinajstić information content (AvgIpc) is 2.56. The largest absolute Gasteiger partial charge is 0.494 e. The molecule has 1 saturated heterocycles. The first-order valence-corrected chi connectivity index (χ1v) is 7.57. The third-order valence-electron chi connectivity index (χ3n) is 4.04. The van der Waals surface area contributed by atoms with Crippen LogP contribution in [0.4, 0.5) is 13.2 Å². The minimum atomic E-state index is -4.35. The van der Waals surface area contributed by atoms with E-state index in [4.69, 9.17) is 20.9 Å². The van der Waals surface area contributed by atoms with E-state index in [-0.39, 0.29) is 6.61 Å². The molecule has 1 fully saturated rings. The molecule has 0 aliphatic carbocycles. The molecule has 0 bridgehead atoms. The van der Waals surface area contributed by atoms with Crippen molar-refractivity contribution >= 4 is 24.2 Å². The lowest BCUT2D eigenvalue weighted by Gasteiger charge is -2.32. The van der Waals surface area contributed by atoms with Gasteiger partial charge >= 0.3 is 13.3 Å². The lowest BCUT2D eigenvalue weighted by molar-refractivity contribution is -0.176. The minimum absolute atomic E-state index is 0.188. The molecular weight excluding hydrogens is 331 g/mol. The van der Waals surface area contributed by atoms with Gasteiger partial charge in [-0.25, -0.2) is 0 Å². The molecule has 2 rings (SSSR count). The molecule has 0 radical (unpaired) electrons. The van der Waals surface area contributed by atoms with Crippen LogP contribution in [-0.2, 0) is 20.7 Å². The minimum Gasteiger partial charge on any atom is -0.399 e. The van der Waals surface area contributed by atoms with Crippen LogP contribution in [-0.4, -0.2) is 31.1 Å². The van der Waals surface area contributed by atoms with Crippen LogP contribution in [0.15, 0.2) is 18.2 Å². The SMILES string of the molecule is CC1(C)OB(c2cc(Cl)cc(COCC(F)(F)F)c2)OC1(C)C. The van der Waals surface area contributed by atoms with Gasteiger partial charge < -0.3 is 14.0 Å². The van der Waals surface area contributed by atoms with Gasteiger partial charge in [0.25, 0.3) is 0 Å². The van der Waals surface area contributed by atoms with Gasteiger partial charge in [-0.05, 0) is 50.9 Å². The van der Waals surface area contributed by atoms with Crippen LogP contribution in [0, 0.1) is 0 Å². The van der Waals surface area contributed by atoms with Crippen LogP contribution in [0.5, 0.6) is 0 Å². The number of benzene rings is 1. The topological polar surface area (TPSA) is 27.7 Å². The fourth-order valence-electron chi connectivity index (χ4n) is 2.16. The average molecular weight is 351 g/mol. The summed E-state index contributed by atoms with van der Waals surface area (Å²) in [6.45, 7) is 6.20. The van der Waals surface area contributed by atoms with Crippen molar-refractivity contribution in [2.75, 3.05) is 6.61 Å².